The molecule has 1 saturated heterocycles. The molecule has 2 rings (SSSR count). The van der Waals surface area contributed by atoms with E-state index in [1.54, 1.807) is 0 Å². The van der Waals surface area contributed by atoms with E-state index in [0.717, 1.165) is 37.1 Å². The lowest BCUT2D eigenvalue weighted by atomic mass is 10.1. The lowest BCUT2D eigenvalue weighted by Crippen LogP contribution is -2.20. The Bertz CT molecular complexity index is 373. The number of hydrogen-bond donors (Lipinski definition) is 1. The van der Waals surface area contributed by atoms with Gasteiger partial charge in [0.1, 0.15) is 11.5 Å². The highest BCUT2D eigenvalue weighted by Gasteiger charge is 2.22. The molecule has 0 amide bonds. The molecule has 0 bridgehead atoms. The van der Waals surface area contributed by atoms with E-state index in [0.29, 0.717) is 0 Å². The largest absolute Gasteiger partial charge is 0.465 e. The van der Waals surface area contributed by atoms with Crippen molar-refractivity contribution in [3.63, 3.8) is 0 Å². The molecule has 102 valence electrons. The van der Waals surface area contributed by atoms with Crippen molar-refractivity contribution in [2.75, 3.05) is 19.6 Å². The molecule has 0 aliphatic carbocycles. The fourth-order valence-corrected chi connectivity index (χ4v) is 2.71. The van der Waals surface area contributed by atoms with Crippen LogP contribution in [0, 0.1) is 12.8 Å². The Morgan fingerprint density at radius 1 is 1.44 bits per heavy atom. The first-order valence-corrected chi connectivity index (χ1v) is 7.24. The average Bonchev–Trinajstić information content (AvgIpc) is 2.95. The van der Waals surface area contributed by atoms with Gasteiger partial charge in [0.25, 0.3) is 0 Å². The van der Waals surface area contributed by atoms with Gasteiger partial charge in [-0.05, 0) is 38.4 Å². The van der Waals surface area contributed by atoms with Crippen molar-refractivity contribution in [2.24, 2.45) is 5.92 Å². The summed E-state index contributed by atoms with van der Waals surface area (Å²) in [7, 11) is 0. The molecule has 1 N–H and O–H groups in total. The van der Waals surface area contributed by atoms with Gasteiger partial charge in [-0.1, -0.05) is 20.3 Å². The second kappa shape index (κ2) is 6.39. The van der Waals surface area contributed by atoms with Gasteiger partial charge >= 0.3 is 0 Å². The van der Waals surface area contributed by atoms with Crippen molar-refractivity contribution >= 4 is 0 Å². The zero-order valence-electron chi connectivity index (χ0n) is 12.0. The molecule has 1 atom stereocenters. The number of aryl methyl sites for hydroxylation is 1. The first-order valence-electron chi connectivity index (χ1n) is 7.24. The van der Waals surface area contributed by atoms with Crippen LogP contribution in [0.3, 0.4) is 0 Å². The topological polar surface area (TPSA) is 28.4 Å². The molecule has 0 aromatic carbocycles. The fraction of sp³-hybridized carbons (Fsp3) is 0.733. The van der Waals surface area contributed by atoms with Crippen molar-refractivity contribution < 1.29 is 4.42 Å². The van der Waals surface area contributed by atoms with Gasteiger partial charge < -0.3 is 9.73 Å². The molecule has 3 heteroatoms. The SMILES string of the molecule is CCNCc1cc(CN2CCC(CC)C2)c(C)o1. The van der Waals surface area contributed by atoms with E-state index < -0.39 is 0 Å². The lowest BCUT2D eigenvalue weighted by molar-refractivity contribution is 0.312. The lowest BCUT2D eigenvalue weighted by Gasteiger charge is -2.14. The molecule has 3 nitrogen and oxygen atoms in total. The summed E-state index contributed by atoms with van der Waals surface area (Å²) in [6, 6.07) is 2.22. The summed E-state index contributed by atoms with van der Waals surface area (Å²) in [5.41, 5.74) is 1.36. The summed E-state index contributed by atoms with van der Waals surface area (Å²) in [5.74, 6) is 3.05. The van der Waals surface area contributed by atoms with Gasteiger partial charge in [0.2, 0.25) is 0 Å². The molecule has 0 radical (unpaired) electrons. The molecule has 1 aliphatic rings. The zero-order valence-corrected chi connectivity index (χ0v) is 12.0. The first-order chi connectivity index (χ1) is 8.72. The van der Waals surface area contributed by atoms with Crippen LogP contribution in [-0.4, -0.2) is 24.5 Å². The maximum Gasteiger partial charge on any atom is 0.118 e. The van der Waals surface area contributed by atoms with Crippen LogP contribution in [0.2, 0.25) is 0 Å². The quantitative estimate of drug-likeness (QED) is 0.841. The minimum absolute atomic E-state index is 0.842. The van der Waals surface area contributed by atoms with Crippen LogP contribution < -0.4 is 5.32 Å². The Labute approximate surface area is 111 Å². The Balaban J connectivity index is 1.91. The van der Waals surface area contributed by atoms with Gasteiger partial charge in [0.05, 0.1) is 6.54 Å². The maximum atomic E-state index is 5.79. The van der Waals surface area contributed by atoms with Gasteiger partial charge in [-0.2, -0.15) is 0 Å². The summed E-state index contributed by atoms with van der Waals surface area (Å²) < 4.78 is 5.79. The minimum atomic E-state index is 0.842. The van der Waals surface area contributed by atoms with E-state index in [2.05, 4.69) is 37.1 Å². The van der Waals surface area contributed by atoms with Gasteiger partial charge in [-0.25, -0.2) is 0 Å². The summed E-state index contributed by atoms with van der Waals surface area (Å²) >= 11 is 0. The van der Waals surface area contributed by atoms with Crippen molar-refractivity contribution in [3.05, 3.63) is 23.2 Å². The van der Waals surface area contributed by atoms with E-state index in [9.17, 15) is 0 Å². The molecule has 1 unspecified atom stereocenters. The van der Waals surface area contributed by atoms with Crippen molar-refractivity contribution in [2.45, 2.75) is 46.7 Å². The van der Waals surface area contributed by atoms with Crippen LogP contribution in [0.5, 0.6) is 0 Å². The van der Waals surface area contributed by atoms with Crippen LogP contribution in [0.15, 0.2) is 10.5 Å². The van der Waals surface area contributed by atoms with Crippen LogP contribution >= 0.6 is 0 Å². The summed E-state index contributed by atoms with van der Waals surface area (Å²) in [6.45, 7) is 11.9. The fourth-order valence-electron chi connectivity index (χ4n) is 2.71. The second-order valence-electron chi connectivity index (χ2n) is 5.37. The number of rotatable bonds is 6. The van der Waals surface area contributed by atoms with Gasteiger partial charge in [-0.3, -0.25) is 4.90 Å². The smallest absolute Gasteiger partial charge is 0.118 e. The first kappa shape index (κ1) is 13.6. The summed E-state index contributed by atoms with van der Waals surface area (Å²) in [6.07, 6.45) is 2.67. The Hall–Kier alpha value is -0.800. The van der Waals surface area contributed by atoms with Crippen LogP contribution in [0.25, 0.3) is 0 Å². The molecule has 18 heavy (non-hydrogen) atoms. The zero-order chi connectivity index (χ0) is 13.0. The number of nitrogens with one attached hydrogen (secondary N) is 1. The summed E-state index contributed by atoms with van der Waals surface area (Å²) in [5, 5.41) is 3.31. The minimum Gasteiger partial charge on any atom is -0.465 e. The predicted molar refractivity (Wildman–Crippen MR) is 74.5 cm³/mol. The Morgan fingerprint density at radius 3 is 2.94 bits per heavy atom. The van der Waals surface area contributed by atoms with Gasteiger partial charge in [0, 0.05) is 18.7 Å². The van der Waals surface area contributed by atoms with E-state index in [1.165, 1.54) is 31.5 Å². The van der Waals surface area contributed by atoms with Crippen molar-refractivity contribution in [1.29, 1.82) is 0 Å². The third kappa shape index (κ3) is 3.36. The van der Waals surface area contributed by atoms with E-state index in [-0.39, 0.29) is 0 Å². The highest BCUT2D eigenvalue weighted by Crippen LogP contribution is 2.23. The van der Waals surface area contributed by atoms with E-state index in [1.807, 2.05) is 0 Å². The number of likely N-dealkylation sites (tertiary alicyclic amines) is 1. The molecular formula is C15H26N2O. The summed E-state index contributed by atoms with van der Waals surface area (Å²) in [4.78, 5) is 2.56. The van der Waals surface area contributed by atoms with Gasteiger partial charge in [0.15, 0.2) is 0 Å². The van der Waals surface area contributed by atoms with Gasteiger partial charge in [-0.15, -0.1) is 0 Å². The predicted octanol–water partition coefficient (Wildman–Crippen LogP) is 2.93. The average molecular weight is 250 g/mol. The van der Waals surface area contributed by atoms with Crippen LogP contribution in [0.4, 0.5) is 0 Å². The van der Waals surface area contributed by atoms with Crippen molar-refractivity contribution in [3.8, 4) is 0 Å². The van der Waals surface area contributed by atoms with E-state index in [4.69, 9.17) is 4.42 Å². The Morgan fingerprint density at radius 2 is 2.28 bits per heavy atom. The normalized spacial score (nSPS) is 20.7. The molecule has 0 spiro atoms. The highest BCUT2D eigenvalue weighted by molar-refractivity contribution is 5.21. The number of furan rings is 1. The maximum absolute atomic E-state index is 5.79. The standard InChI is InChI=1S/C15H26N2O/c1-4-13-6-7-17(10-13)11-14-8-15(9-16-5-2)18-12(14)3/h8,13,16H,4-7,9-11H2,1-3H3. The molecule has 0 saturated carbocycles. The number of nitrogens with zero attached hydrogens (tertiary/aromatic N) is 1. The van der Waals surface area contributed by atoms with Crippen LogP contribution in [-0.2, 0) is 13.1 Å². The molecule has 2 heterocycles. The molecule has 1 fully saturated rings. The molecule has 1 aliphatic heterocycles. The molecule has 1 aromatic rings. The molecule has 1 aromatic heterocycles. The second-order valence-corrected chi connectivity index (χ2v) is 5.37. The van der Waals surface area contributed by atoms with Crippen LogP contribution in [0.1, 0.15) is 43.8 Å². The highest BCUT2D eigenvalue weighted by atomic mass is 16.3. The Kier molecular flexibility index (Phi) is 4.84. The monoisotopic (exact) mass is 250 g/mol. The third-order valence-corrected chi connectivity index (χ3v) is 3.96. The molecular weight excluding hydrogens is 224 g/mol. The van der Waals surface area contributed by atoms with E-state index >= 15 is 0 Å². The number of hydrogen-bond acceptors (Lipinski definition) is 3. The van der Waals surface area contributed by atoms with Crippen molar-refractivity contribution in [1.82, 2.24) is 10.2 Å². The third-order valence-electron chi connectivity index (χ3n) is 3.96.